The molecule has 0 saturated heterocycles. The van der Waals surface area contributed by atoms with Crippen molar-refractivity contribution < 1.29 is 9.53 Å². The number of anilines is 1. The van der Waals surface area contributed by atoms with Crippen molar-refractivity contribution in [1.29, 1.82) is 0 Å². The van der Waals surface area contributed by atoms with E-state index in [0.29, 0.717) is 11.3 Å². The molecule has 0 bridgehead atoms. The Morgan fingerprint density at radius 2 is 2.23 bits per heavy atom. The first-order valence-electron chi connectivity index (χ1n) is 6.81. The maximum atomic E-state index is 12.3. The Morgan fingerprint density at radius 1 is 1.36 bits per heavy atom. The number of methoxy groups -OCH3 is 1. The number of rotatable bonds is 2. The van der Waals surface area contributed by atoms with Gasteiger partial charge in [-0.1, -0.05) is 17.9 Å². The number of hydrogen-bond donors (Lipinski definition) is 3. The van der Waals surface area contributed by atoms with Crippen molar-refractivity contribution in [1.82, 2.24) is 4.98 Å². The molecule has 0 radical (unpaired) electrons. The topological polar surface area (TPSA) is 80.1 Å². The Hall–Kier alpha value is -2.97. The molecule has 22 heavy (non-hydrogen) atoms. The lowest BCUT2D eigenvalue weighted by Crippen LogP contribution is -2.03. The fourth-order valence-corrected chi connectivity index (χ4v) is 2.44. The van der Waals surface area contributed by atoms with E-state index in [-0.39, 0.29) is 12.5 Å². The maximum Gasteiger partial charge on any atom is 0.256 e. The SMILES string of the molecule is COc1cc[nH]c1/C=C1\C(=O)Nc2cccc(C#CCN)c21. The number of nitrogens with two attached hydrogens (primary N) is 1. The smallest absolute Gasteiger partial charge is 0.256 e. The number of amides is 1. The number of hydrogen-bond acceptors (Lipinski definition) is 3. The van der Waals surface area contributed by atoms with E-state index in [2.05, 4.69) is 22.1 Å². The van der Waals surface area contributed by atoms with Gasteiger partial charge in [-0.3, -0.25) is 4.79 Å². The Bertz CT molecular complexity index is 822. The van der Waals surface area contributed by atoms with Crippen molar-refractivity contribution in [3.05, 3.63) is 47.3 Å². The van der Waals surface area contributed by atoms with E-state index >= 15 is 0 Å². The minimum atomic E-state index is -0.159. The third-order valence-corrected chi connectivity index (χ3v) is 3.40. The zero-order valence-corrected chi connectivity index (χ0v) is 12.1. The fraction of sp³-hybridized carbons (Fsp3) is 0.118. The summed E-state index contributed by atoms with van der Waals surface area (Å²) in [6.07, 6.45) is 3.53. The zero-order chi connectivity index (χ0) is 15.5. The molecule has 4 N–H and O–H groups in total. The van der Waals surface area contributed by atoms with Crippen LogP contribution in [0.15, 0.2) is 30.5 Å². The van der Waals surface area contributed by atoms with Crippen molar-refractivity contribution in [2.75, 3.05) is 19.0 Å². The lowest BCUT2D eigenvalue weighted by Gasteiger charge is -2.03. The molecule has 0 unspecified atom stereocenters. The average molecular weight is 293 g/mol. The van der Waals surface area contributed by atoms with Gasteiger partial charge in [-0.25, -0.2) is 0 Å². The fourth-order valence-electron chi connectivity index (χ4n) is 2.44. The normalized spacial score (nSPS) is 14.3. The molecule has 0 aliphatic carbocycles. The van der Waals surface area contributed by atoms with Crippen LogP contribution in [-0.4, -0.2) is 24.5 Å². The molecule has 0 atom stereocenters. The zero-order valence-electron chi connectivity index (χ0n) is 12.1. The first-order chi connectivity index (χ1) is 10.7. The number of aromatic nitrogens is 1. The molecular formula is C17H15N3O2. The van der Waals surface area contributed by atoms with Gasteiger partial charge in [0.05, 0.1) is 30.6 Å². The van der Waals surface area contributed by atoms with Gasteiger partial charge in [0.15, 0.2) is 0 Å². The van der Waals surface area contributed by atoms with Crippen LogP contribution in [0.5, 0.6) is 5.75 Å². The van der Waals surface area contributed by atoms with Gasteiger partial charge in [-0.05, 0) is 24.3 Å². The van der Waals surface area contributed by atoms with Gasteiger partial charge in [0.1, 0.15) is 5.75 Å². The summed E-state index contributed by atoms with van der Waals surface area (Å²) in [5.74, 6) is 6.37. The summed E-state index contributed by atoms with van der Waals surface area (Å²) in [6.45, 7) is 0.272. The number of benzene rings is 1. The van der Waals surface area contributed by atoms with Gasteiger partial charge in [0.25, 0.3) is 5.91 Å². The van der Waals surface area contributed by atoms with E-state index in [1.54, 1.807) is 25.4 Å². The molecule has 1 aliphatic rings. The number of nitrogens with one attached hydrogen (secondary N) is 2. The lowest BCUT2D eigenvalue weighted by molar-refractivity contribution is -0.110. The number of ether oxygens (including phenoxy) is 1. The van der Waals surface area contributed by atoms with Crippen molar-refractivity contribution in [2.45, 2.75) is 0 Å². The number of H-pyrrole nitrogens is 1. The van der Waals surface area contributed by atoms with E-state index in [1.807, 2.05) is 18.2 Å². The highest BCUT2D eigenvalue weighted by Crippen LogP contribution is 2.36. The molecule has 2 aromatic rings. The minimum Gasteiger partial charge on any atom is -0.495 e. The predicted octanol–water partition coefficient (Wildman–Crippen LogP) is 1.83. The predicted molar refractivity (Wildman–Crippen MR) is 86.2 cm³/mol. The van der Waals surface area contributed by atoms with Crippen LogP contribution in [-0.2, 0) is 4.79 Å². The standard InChI is InChI=1S/C17H15N3O2/c1-22-15-7-9-19-14(15)10-12-16-11(5-3-8-18)4-2-6-13(16)20-17(12)21/h2,4,6-7,9-10,19H,8,18H2,1H3,(H,20,21)/b12-10-. The Morgan fingerprint density at radius 3 is 3.00 bits per heavy atom. The van der Waals surface area contributed by atoms with Crippen molar-refractivity contribution in [2.24, 2.45) is 5.73 Å². The third kappa shape index (κ3) is 2.36. The molecule has 1 aromatic heterocycles. The molecule has 0 fully saturated rings. The maximum absolute atomic E-state index is 12.3. The summed E-state index contributed by atoms with van der Waals surface area (Å²) in [5, 5.41) is 2.85. The Labute approximate surface area is 128 Å². The summed E-state index contributed by atoms with van der Waals surface area (Å²) in [5.41, 5.74) is 9.06. The molecule has 2 heterocycles. The number of carbonyl (C=O) groups is 1. The quantitative estimate of drug-likeness (QED) is 0.583. The second kappa shape index (κ2) is 5.80. The van der Waals surface area contributed by atoms with Crippen LogP contribution in [0.25, 0.3) is 11.6 Å². The summed E-state index contributed by atoms with van der Waals surface area (Å²) in [4.78, 5) is 15.3. The highest BCUT2D eigenvalue weighted by atomic mass is 16.5. The van der Waals surface area contributed by atoms with Crippen LogP contribution in [0, 0.1) is 11.8 Å². The molecule has 110 valence electrons. The monoisotopic (exact) mass is 293 g/mol. The van der Waals surface area contributed by atoms with Crippen LogP contribution >= 0.6 is 0 Å². The van der Waals surface area contributed by atoms with Gasteiger partial charge in [-0.15, -0.1) is 0 Å². The Kier molecular flexibility index (Phi) is 3.69. The van der Waals surface area contributed by atoms with E-state index in [1.165, 1.54) is 0 Å². The largest absolute Gasteiger partial charge is 0.495 e. The number of carbonyl (C=O) groups excluding carboxylic acids is 1. The average Bonchev–Trinajstić information content (AvgIpc) is 3.10. The molecule has 0 spiro atoms. The van der Waals surface area contributed by atoms with Gasteiger partial charge in [0.2, 0.25) is 0 Å². The van der Waals surface area contributed by atoms with Crippen LogP contribution in [0.2, 0.25) is 0 Å². The van der Waals surface area contributed by atoms with Crippen molar-refractivity contribution in [3.63, 3.8) is 0 Å². The molecule has 1 amide bonds. The summed E-state index contributed by atoms with van der Waals surface area (Å²) in [7, 11) is 1.59. The van der Waals surface area contributed by atoms with E-state index in [4.69, 9.17) is 10.5 Å². The minimum absolute atomic E-state index is 0.159. The van der Waals surface area contributed by atoms with Crippen LogP contribution in [0.1, 0.15) is 16.8 Å². The van der Waals surface area contributed by atoms with Gasteiger partial charge in [0, 0.05) is 17.3 Å². The van der Waals surface area contributed by atoms with Crippen molar-refractivity contribution >= 4 is 23.2 Å². The van der Waals surface area contributed by atoms with Crippen LogP contribution < -0.4 is 15.8 Å². The molecular weight excluding hydrogens is 278 g/mol. The molecule has 5 nitrogen and oxygen atoms in total. The van der Waals surface area contributed by atoms with Gasteiger partial charge in [-0.2, -0.15) is 0 Å². The first-order valence-corrected chi connectivity index (χ1v) is 6.81. The third-order valence-electron chi connectivity index (χ3n) is 3.40. The van der Waals surface area contributed by atoms with Crippen LogP contribution in [0.4, 0.5) is 5.69 Å². The molecule has 1 aromatic carbocycles. The lowest BCUT2D eigenvalue weighted by atomic mass is 9.99. The number of fused-ring (bicyclic) bond motifs is 1. The second-order valence-electron chi connectivity index (χ2n) is 4.71. The van der Waals surface area contributed by atoms with E-state index in [0.717, 1.165) is 22.5 Å². The van der Waals surface area contributed by atoms with Crippen LogP contribution in [0.3, 0.4) is 0 Å². The summed E-state index contributed by atoms with van der Waals surface area (Å²) in [6, 6.07) is 7.40. The summed E-state index contributed by atoms with van der Waals surface area (Å²) < 4.78 is 5.26. The van der Waals surface area contributed by atoms with E-state index < -0.39 is 0 Å². The highest BCUT2D eigenvalue weighted by molar-refractivity contribution is 6.35. The molecule has 3 rings (SSSR count). The molecule has 5 heteroatoms. The number of aromatic amines is 1. The van der Waals surface area contributed by atoms with Gasteiger partial charge < -0.3 is 20.8 Å². The summed E-state index contributed by atoms with van der Waals surface area (Å²) >= 11 is 0. The van der Waals surface area contributed by atoms with E-state index in [9.17, 15) is 4.79 Å². The highest BCUT2D eigenvalue weighted by Gasteiger charge is 2.26. The first kappa shape index (κ1) is 14.0. The Balaban J connectivity index is 2.15. The second-order valence-corrected chi connectivity index (χ2v) is 4.71. The molecule has 0 saturated carbocycles. The van der Waals surface area contributed by atoms with Crippen molar-refractivity contribution in [3.8, 4) is 17.6 Å². The van der Waals surface area contributed by atoms with Gasteiger partial charge >= 0.3 is 0 Å². The molecule has 1 aliphatic heterocycles.